The van der Waals surface area contributed by atoms with E-state index in [0.29, 0.717) is 25.5 Å². The van der Waals surface area contributed by atoms with Crippen molar-refractivity contribution in [1.29, 1.82) is 0 Å². The fourth-order valence-corrected chi connectivity index (χ4v) is 2.73. The molecule has 0 unspecified atom stereocenters. The van der Waals surface area contributed by atoms with Gasteiger partial charge in [0, 0.05) is 32.7 Å². The Morgan fingerprint density at radius 3 is 2.39 bits per heavy atom. The molecule has 1 amide bonds. The van der Waals surface area contributed by atoms with Crippen molar-refractivity contribution >= 4 is 5.91 Å². The number of aliphatic hydroxyl groups is 1. The van der Waals surface area contributed by atoms with Gasteiger partial charge >= 0.3 is 0 Å². The minimum atomic E-state index is 0.146. The lowest BCUT2D eigenvalue weighted by molar-refractivity contribution is -0.133. The summed E-state index contributed by atoms with van der Waals surface area (Å²) < 4.78 is 5.67. The van der Waals surface area contributed by atoms with E-state index in [1.165, 1.54) is 5.56 Å². The summed E-state index contributed by atoms with van der Waals surface area (Å²) >= 11 is 0. The van der Waals surface area contributed by atoms with E-state index in [-0.39, 0.29) is 12.5 Å². The quantitative estimate of drug-likeness (QED) is 0.831. The highest BCUT2D eigenvalue weighted by Gasteiger charge is 2.20. The molecular formula is C18H28N2O3. The Kier molecular flexibility index (Phi) is 6.86. The number of rotatable bonds is 7. The van der Waals surface area contributed by atoms with Gasteiger partial charge in [0.1, 0.15) is 5.75 Å². The molecule has 0 saturated carbocycles. The van der Waals surface area contributed by atoms with Gasteiger partial charge in [-0.15, -0.1) is 0 Å². The summed E-state index contributed by atoms with van der Waals surface area (Å²) in [5, 5.41) is 8.93. The molecule has 1 fully saturated rings. The number of hydrogen-bond donors (Lipinski definition) is 1. The number of carbonyl (C=O) groups is 1. The SMILES string of the molecule is CC(C)c1ccc(OCCC(=O)N2CCN(CCO)CC2)cc1. The Morgan fingerprint density at radius 2 is 1.83 bits per heavy atom. The molecule has 1 aliphatic heterocycles. The van der Waals surface area contributed by atoms with E-state index in [0.717, 1.165) is 31.9 Å². The van der Waals surface area contributed by atoms with Crippen LogP contribution in [-0.2, 0) is 4.79 Å². The number of hydrogen-bond acceptors (Lipinski definition) is 4. The van der Waals surface area contributed by atoms with Crippen molar-refractivity contribution in [2.24, 2.45) is 0 Å². The summed E-state index contributed by atoms with van der Waals surface area (Å²) in [5.74, 6) is 1.47. The van der Waals surface area contributed by atoms with E-state index >= 15 is 0 Å². The van der Waals surface area contributed by atoms with Crippen LogP contribution in [0.3, 0.4) is 0 Å². The second-order valence-corrected chi connectivity index (χ2v) is 6.27. The number of nitrogens with zero attached hydrogens (tertiary/aromatic N) is 2. The van der Waals surface area contributed by atoms with Crippen molar-refractivity contribution in [3.8, 4) is 5.75 Å². The van der Waals surface area contributed by atoms with Gasteiger partial charge < -0.3 is 14.7 Å². The molecule has 1 aromatic carbocycles. The van der Waals surface area contributed by atoms with E-state index < -0.39 is 0 Å². The standard InChI is InChI=1S/C18H28N2O3/c1-15(2)16-3-5-17(6-4-16)23-14-7-18(22)20-10-8-19(9-11-20)12-13-21/h3-6,15,21H,7-14H2,1-2H3. The molecule has 128 valence electrons. The first-order valence-corrected chi connectivity index (χ1v) is 8.44. The molecule has 0 spiro atoms. The number of ether oxygens (including phenoxy) is 1. The first-order valence-electron chi connectivity index (χ1n) is 8.44. The van der Waals surface area contributed by atoms with Gasteiger partial charge in [0.15, 0.2) is 0 Å². The fraction of sp³-hybridized carbons (Fsp3) is 0.611. The Bertz CT molecular complexity index is 480. The van der Waals surface area contributed by atoms with Crippen molar-refractivity contribution in [2.45, 2.75) is 26.2 Å². The predicted octanol–water partition coefficient (Wildman–Crippen LogP) is 1.72. The van der Waals surface area contributed by atoms with Gasteiger partial charge in [0.05, 0.1) is 19.6 Å². The molecule has 23 heavy (non-hydrogen) atoms. The zero-order chi connectivity index (χ0) is 16.7. The maximum absolute atomic E-state index is 12.2. The van der Waals surface area contributed by atoms with E-state index in [9.17, 15) is 4.79 Å². The monoisotopic (exact) mass is 320 g/mol. The van der Waals surface area contributed by atoms with Crippen LogP contribution in [0.2, 0.25) is 0 Å². The topological polar surface area (TPSA) is 53.0 Å². The Morgan fingerprint density at radius 1 is 1.17 bits per heavy atom. The predicted molar refractivity (Wildman–Crippen MR) is 90.7 cm³/mol. The van der Waals surface area contributed by atoms with Gasteiger partial charge in [-0.3, -0.25) is 9.69 Å². The summed E-state index contributed by atoms with van der Waals surface area (Å²) in [7, 11) is 0. The average molecular weight is 320 g/mol. The molecule has 1 heterocycles. The van der Waals surface area contributed by atoms with Crippen LogP contribution >= 0.6 is 0 Å². The zero-order valence-corrected chi connectivity index (χ0v) is 14.2. The molecule has 1 aliphatic rings. The minimum absolute atomic E-state index is 0.146. The van der Waals surface area contributed by atoms with Gasteiger partial charge in [0.2, 0.25) is 5.91 Å². The highest BCUT2D eigenvalue weighted by Crippen LogP contribution is 2.18. The van der Waals surface area contributed by atoms with Crippen molar-refractivity contribution in [3.63, 3.8) is 0 Å². The highest BCUT2D eigenvalue weighted by atomic mass is 16.5. The molecule has 5 heteroatoms. The lowest BCUT2D eigenvalue weighted by atomic mass is 10.0. The van der Waals surface area contributed by atoms with Crippen LogP contribution in [0.4, 0.5) is 0 Å². The third-order valence-corrected chi connectivity index (χ3v) is 4.27. The van der Waals surface area contributed by atoms with Gasteiger partial charge in [-0.1, -0.05) is 26.0 Å². The molecule has 1 aromatic rings. The number of β-amino-alcohol motifs (C(OH)–C–C–N with tert-alkyl or cyclic N) is 1. The van der Waals surface area contributed by atoms with E-state index in [1.54, 1.807) is 0 Å². The zero-order valence-electron chi connectivity index (χ0n) is 14.2. The molecular weight excluding hydrogens is 292 g/mol. The van der Waals surface area contributed by atoms with Crippen LogP contribution in [0.5, 0.6) is 5.75 Å². The third-order valence-electron chi connectivity index (χ3n) is 4.27. The average Bonchev–Trinajstić information content (AvgIpc) is 2.56. The number of carbonyl (C=O) groups excluding carboxylic acids is 1. The lowest BCUT2D eigenvalue weighted by Gasteiger charge is -2.34. The molecule has 0 bridgehead atoms. The number of piperazine rings is 1. The van der Waals surface area contributed by atoms with Gasteiger partial charge in [-0.05, 0) is 23.6 Å². The van der Waals surface area contributed by atoms with Crippen LogP contribution in [0, 0.1) is 0 Å². The number of benzene rings is 1. The second kappa shape index (κ2) is 8.89. The number of aliphatic hydroxyl groups excluding tert-OH is 1. The molecule has 1 saturated heterocycles. The van der Waals surface area contributed by atoms with Gasteiger partial charge in [-0.25, -0.2) is 0 Å². The van der Waals surface area contributed by atoms with Gasteiger partial charge in [-0.2, -0.15) is 0 Å². The summed E-state index contributed by atoms with van der Waals surface area (Å²) in [5.41, 5.74) is 1.29. The number of amides is 1. The molecule has 0 radical (unpaired) electrons. The minimum Gasteiger partial charge on any atom is -0.493 e. The van der Waals surface area contributed by atoms with E-state index in [4.69, 9.17) is 9.84 Å². The van der Waals surface area contributed by atoms with Crippen LogP contribution in [-0.4, -0.2) is 66.8 Å². The van der Waals surface area contributed by atoms with Crippen molar-refractivity contribution in [1.82, 2.24) is 9.80 Å². The van der Waals surface area contributed by atoms with Crippen LogP contribution in [0.25, 0.3) is 0 Å². The first kappa shape index (κ1) is 17.8. The fourth-order valence-electron chi connectivity index (χ4n) is 2.73. The molecule has 0 aromatic heterocycles. The Balaban J connectivity index is 1.69. The highest BCUT2D eigenvalue weighted by molar-refractivity contribution is 5.76. The normalized spacial score (nSPS) is 15.9. The van der Waals surface area contributed by atoms with Crippen molar-refractivity contribution in [2.75, 3.05) is 45.9 Å². The van der Waals surface area contributed by atoms with Crippen molar-refractivity contribution < 1.29 is 14.6 Å². The molecule has 0 atom stereocenters. The smallest absolute Gasteiger partial charge is 0.226 e. The second-order valence-electron chi connectivity index (χ2n) is 6.27. The summed E-state index contributed by atoms with van der Waals surface area (Å²) in [6.45, 7) is 8.76. The van der Waals surface area contributed by atoms with Crippen LogP contribution < -0.4 is 4.74 Å². The molecule has 2 rings (SSSR count). The molecule has 5 nitrogen and oxygen atoms in total. The Hall–Kier alpha value is -1.59. The van der Waals surface area contributed by atoms with Crippen molar-refractivity contribution in [3.05, 3.63) is 29.8 Å². The summed E-state index contributed by atoms with van der Waals surface area (Å²) in [4.78, 5) is 16.2. The lowest BCUT2D eigenvalue weighted by Crippen LogP contribution is -2.49. The molecule has 1 N–H and O–H groups in total. The third kappa shape index (κ3) is 5.52. The van der Waals surface area contributed by atoms with Gasteiger partial charge in [0.25, 0.3) is 0 Å². The summed E-state index contributed by atoms with van der Waals surface area (Å²) in [6, 6.07) is 8.07. The summed E-state index contributed by atoms with van der Waals surface area (Å²) in [6.07, 6.45) is 0.409. The van der Waals surface area contributed by atoms with Crippen LogP contribution in [0.1, 0.15) is 31.7 Å². The molecule has 0 aliphatic carbocycles. The van der Waals surface area contributed by atoms with Crippen LogP contribution in [0.15, 0.2) is 24.3 Å². The maximum atomic E-state index is 12.2. The maximum Gasteiger partial charge on any atom is 0.226 e. The van der Waals surface area contributed by atoms with E-state index in [1.807, 2.05) is 17.0 Å². The largest absolute Gasteiger partial charge is 0.493 e. The first-order chi connectivity index (χ1) is 11.1. The van der Waals surface area contributed by atoms with E-state index in [2.05, 4.69) is 30.9 Å². The Labute approximate surface area is 138 Å².